The van der Waals surface area contributed by atoms with Crippen molar-refractivity contribution < 1.29 is 14.3 Å². The Bertz CT molecular complexity index is 886. The number of amides is 1. The summed E-state index contributed by atoms with van der Waals surface area (Å²) >= 11 is 0. The van der Waals surface area contributed by atoms with Crippen LogP contribution in [0, 0.1) is 0 Å². The Labute approximate surface area is 179 Å². The minimum absolute atomic E-state index is 0.127. The van der Waals surface area contributed by atoms with Crippen LogP contribution in [-0.2, 0) is 6.54 Å². The molecule has 0 aliphatic carbocycles. The van der Waals surface area contributed by atoms with Crippen LogP contribution in [-0.4, -0.2) is 69.2 Å². The molecule has 0 aromatic heterocycles. The third-order valence-electron chi connectivity index (χ3n) is 6.11. The summed E-state index contributed by atoms with van der Waals surface area (Å²) in [6.45, 7) is 6.68. The van der Waals surface area contributed by atoms with E-state index in [4.69, 9.17) is 9.47 Å². The number of anilines is 1. The molecule has 30 heavy (non-hydrogen) atoms. The van der Waals surface area contributed by atoms with Crippen LogP contribution >= 0.6 is 0 Å². The summed E-state index contributed by atoms with van der Waals surface area (Å²) < 4.78 is 10.8. The molecule has 0 radical (unpaired) electrons. The second-order valence-corrected chi connectivity index (χ2v) is 7.96. The molecule has 1 amide bonds. The fraction of sp³-hybridized carbons (Fsp3) is 0.458. The van der Waals surface area contributed by atoms with Crippen molar-refractivity contribution in [3.8, 4) is 11.5 Å². The van der Waals surface area contributed by atoms with E-state index < -0.39 is 0 Å². The summed E-state index contributed by atoms with van der Waals surface area (Å²) in [5.41, 5.74) is 3.07. The minimum Gasteiger partial charge on any atom is -0.497 e. The van der Waals surface area contributed by atoms with Crippen molar-refractivity contribution in [2.75, 3.05) is 58.4 Å². The Morgan fingerprint density at radius 3 is 2.63 bits per heavy atom. The first-order chi connectivity index (χ1) is 14.7. The van der Waals surface area contributed by atoms with Gasteiger partial charge in [-0.1, -0.05) is 18.2 Å². The minimum atomic E-state index is 0.127. The molecule has 2 aliphatic heterocycles. The molecular weight excluding hydrogens is 378 g/mol. The first-order valence-corrected chi connectivity index (χ1v) is 10.8. The highest BCUT2D eigenvalue weighted by atomic mass is 16.5. The number of carbonyl (C=O) groups is 1. The number of ether oxygens (including phenoxy) is 2. The Morgan fingerprint density at radius 1 is 0.933 bits per heavy atom. The molecule has 160 valence electrons. The van der Waals surface area contributed by atoms with Crippen molar-refractivity contribution >= 4 is 11.6 Å². The van der Waals surface area contributed by atoms with Crippen LogP contribution in [0.25, 0.3) is 0 Å². The molecular formula is C24H31N3O3. The van der Waals surface area contributed by atoms with Crippen molar-refractivity contribution in [2.24, 2.45) is 0 Å². The molecule has 6 heteroatoms. The molecule has 2 aliphatic rings. The van der Waals surface area contributed by atoms with Gasteiger partial charge in [-0.05, 0) is 55.8 Å². The van der Waals surface area contributed by atoms with Crippen LogP contribution < -0.4 is 14.4 Å². The molecule has 2 heterocycles. The highest BCUT2D eigenvalue weighted by molar-refractivity contribution is 5.98. The van der Waals surface area contributed by atoms with Crippen LogP contribution in [0.2, 0.25) is 0 Å². The number of methoxy groups -OCH3 is 2. The normalized spacial score (nSPS) is 17.1. The molecule has 0 N–H and O–H groups in total. The SMILES string of the molecule is COc1ccc2c(c1)C(=O)N(CCCN1CCCN(c3ccccc3OC)CC1)C2. The summed E-state index contributed by atoms with van der Waals surface area (Å²) in [4.78, 5) is 19.6. The predicted molar refractivity (Wildman–Crippen MR) is 119 cm³/mol. The first kappa shape index (κ1) is 20.5. The molecule has 2 aromatic carbocycles. The number of para-hydroxylation sites is 2. The summed E-state index contributed by atoms with van der Waals surface area (Å²) in [6.07, 6.45) is 2.12. The lowest BCUT2D eigenvalue weighted by Crippen LogP contribution is -2.33. The Kier molecular flexibility index (Phi) is 6.43. The Morgan fingerprint density at radius 2 is 1.80 bits per heavy atom. The average molecular weight is 410 g/mol. The lowest BCUT2D eigenvalue weighted by Gasteiger charge is -2.25. The van der Waals surface area contributed by atoms with Gasteiger partial charge in [0.25, 0.3) is 5.91 Å². The zero-order chi connectivity index (χ0) is 20.9. The highest BCUT2D eigenvalue weighted by Gasteiger charge is 2.27. The lowest BCUT2D eigenvalue weighted by molar-refractivity contribution is 0.0771. The molecule has 4 rings (SSSR count). The maximum absolute atomic E-state index is 12.7. The zero-order valence-electron chi connectivity index (χ0n) is 18.0. The number of fused-ring (bicyclic) bond motifs is 1. The fourth-order valence-electron chi connectivity index (χ4n) is 4.46. The number of carbonyl (C=O) groups excluding carboxylic acids is 1. The molecule has 2 aromatic rings. The molecule has 6 nitrogen and oxygen atoms in total. The fourth-order valence-corrected chi connectivity index (χ4v) is 4.46. The quantitative estimate of drug-likeness (QED) is 0.702. The summed E-state index contributed by atoms with van der Waals surface area (Å²) in [5, 5.41) is 0. The van der Waals surface area contributed by atoms with Gasteiger partial charge in [-0.3, -0.25) is 4.79 Å². The maximum Gasteiger partial charge on any atom is 0.254 e. The second-order valence-electron chi connectivity index (χ2n) is 7.96. The van der Waals surface area contributed by atoms with E-state index >= 15 is 0 Å². The van der Waals surface area contributed by atoms with E-state index in [1.807, 2.05) is 35.2 Å². The largest absolute Gasteiger partial charge is 0.497 e. The van der Waals surface area contributed by atoms with Crippen LogP contribution in [0.15, 0.2) is 42.5 Å². The van der Waals surface area contributed by atoms with Gasteiger partial charge in [0.15, 0.2) is 0 Å². The van der Waals surface area contributed by atoms with Gasteiger partial charge >= 0.3 is 0 Å². The van der Waals surface area contributed by atoms with E-state index in [1.165, 1.54) is 5.69 Å². The number of hydrogen-bond acceptors (Lipinski definition) is 5. The van der Waals surface area contributed by atoms with Crippen LogP contribution in [0.3, 0.4) is 0 Å². The van der Waals surface area contributed by atoms with E-state index in [0.29, 0.717) is 6.54 Å². The third-order valence-corrected chi connectivity index (χ3v) is 6.11. The van der Waals surface area contributed by atoms with Gasteiger partial charge in [0.2, 0.25) is 0 Å². The van der Waals surface area contributed by atoms with Crippen LogP contribution in [0.4, 0.5) is 5.69 Å². The van der Waals surface area contributed by atoms with Gasteiger partial charge in [-0.15, -0.1) is 0 Å². The van der Waals surface area contributed by atoms with E-state index in [9.17, 15) is 4.79 Å². The Hall–Kier alpha value is -2.73. The molecule has 0 bridgehead atoms. The van der Waals surface area contributed by atoms with Crippen molar-refractivity contribution in [2.45, 2.75) is 19.4 Å². The Balaban J connectivity index is 1.27. The molecule has 0 atom stereocenters. The zero-order valence-corrected chi connectivity index (χ0v) is 18.0. The average Bonchev–Trinajstić information content (AvgIpc) is 2.94. The third kappa shape index (κ3) is 4.38. The lowest BCUT2D eigenvalue weighted by atomic mass is 10.1. The van der Waals surface area contributed by atoms with Gasteiger partial charge in [-0.25, -0.2) is 0 Å². The van der Waals surface area contributed by atoms with E-state index in [0.717, 1.165) is 74.7 Å². The van der Waals surface area contributed by atoms with Crippen molar-refractivity contribution in [3.63, 3.8) is 0 Å². The van der Waals surface area contributed by atoms with E-state index in [2.05, 4.69) is 21.9 Å². The van der Waals surface area contributed by atoms with Gasteiger partial charge in [0, 0.05) is 38.3 Å². The summed E-state index contributed by atoms with van der Waals surface area (Å²) in [6, 6.07) is 14.0. The molecule has 0 saturated carbocycles. The summed E-state index contributed by atoms with van der Waals surface area (Å²) in [7, 11) is 3.37. The number of nitrogens with zero attached hydrogens (tertiary/aromatic N) is 3. The maximum atomic E-state index is 12.7. The van der Waals surface area contributed by atoms with Gasteiger partial charge in [0.1, 0.15) is 11.5 Å². The number of benzene rings is 2. The monoisotopic (exact) mass is 409 g/mol. The van der Waals surface area contributed by atoms with Crippen molar-refractivity contribution in [1.82, 2.24) is 9.80 Å². The standard InChI is InChI=1S/C24H31N3O3/c1-29-20-10-9-19-18-27(24(28)21(19)17-20)14-6-12-25-11-5-13-26(16-15-25)22-7-3-4-8-23(22)30-2/h3-4,7-10,17H,5-6,11-16,18H2,1-2H3. The molecule has 0 unspecified atom stereocenters. The van der Waals surface area contributed by atoms with E-state index in [1.54, 1.807) is 14.2 Å². The van der Waals surface area contributed by atoms with Crippen LogP contribution in [0.5, 0.6) is 11.5 Å². The summed E-state index contributed by atoms with van der Waals surface area (Å²) in [5.74, 6) is 1.81. The molecule has 0 spiro atoms. The van der Waals surface area contributed by atoms with Gasteiger partial charge in [-0.2, -0.15) is 0 Å². The molecule has 1 saturated heterocycles. The smallest absolute Gasteiger partial charge is 0.254 e. The van der Waals surface area contributed by atoms with Crippen LogP contribution in [0.1, 0.15) is 28.8 Å². The van der Waals surface area contributed by atoms with Crippen molar-refractivity contribution in [3.05, 3.63) is 53.6 Å². The second kappa shape index (κ2) is 9.39. The van der Waals surface area contributed by atoms with Gasteiger partial charge in [0.05, 0.1) is 19.9 Å². The predicted octanol–water partition coefficient (Wildman–Crippen LogP) is 3.26. The topological polar surface area (TPSA) is 45.2 Å². The first-order valence-electron chi connectivity index (χ1n) is 10.8. The van der Waals surface area contributed by atoms with Crippen molar-refractivity contribution in [1.29, 1.82) is 0 Å². The number of hydrogen-bond donors (Lipinski definition) is 0. The molecule has 1 fully saturated rings. The van der Waals surface area contributed by atoms with Gasteiger partial charge < -0.3 is 24.2 Å². The highest BCUT2D eigenvalue weighted by Crippen LogP contribution is 2.29. The van der Waals surface area contributed by atoms with E-state index in [-0.39, 0.29) is 5.91 Å². The number of rotatable bonds is 7.